The third kappa shape index (κ3) is 4.14. The molecule has 5 rings (SSSR count). The molecule has 3 heterocycles. The number of rotatable bonds is 5. The van der Waals surface area contributed by atoms with Crippen LogP contribution in [0.1, 0.15) is 36.1 Å². The smallest absolute Gasteiger partial charge is 0.270 e. The van der Waals surface area contributed by atoms with Gasteiger partial charge in [-0.3, -0.25) is 9.20 Å². The minimum Gasteiger partial charge on any atom is -0.381 e. The minimum absolute atomic E-state index is 0.0175. The number of anilines is 1. The zero-order valence-corrected chi connectivity index (χ0v) is 20.1. The number of aromatic nitrogens is 3. The van der Waals surface area contributed by atoms with Crippen LogP contribution in [0.3, 0.4) is 0 Å². The molecule has 2 aliphatic rings. The number of nitrogens with two attached hydrogens (primary N) is 1. The van der Waals surface area contributed by atoms with E-state index in [9.17, 15) is 18.7 Å². The van der Waals surface area contributed by atoms with Crippen molar-refractivity contribution in [2.75, 3.05) is 39.0 Å². The molecule has 10 heteroatoms. The first-order chi connectivity index (χ1) is 16.6. The molecule has 0 bridgehead atoms. The molecule has 0 radical (unpaired) electrons. The molecule has 2 fully saturated rings. The van der Waals surface area contributed by atoms with E-state index in [1.54, 1.807) is 22.7 Å². The average Bonchev–Trinajstić information content (AvgIpc) is 3.51. The minimum atomic E-state index is -2.93. The number of fused-ring (bicyclic) bond motifs is 1. The van der Waals surface area contributed by atoms with Crippen molar-refractivity contribution in [2.45, 2.75) is 38.2 Å². The predicted molar refractivity (Wildman–Crippen MR) is 128 cm³/mol. The van der Waals surface area contributed by atoms with Crippen molar-refractivity contribution >= 4 is 17.4 Å². The standard InChI is InChI=1S/C25H30F2N6O2/c1-14-4-5-15(25(2,35)24(26)27)10-16(14)20-12-29-22-21(28)30-19(13-33(20)22)17-11-18(17)23(34)32-8-6-31(3)7-9-32/h4-5,10,12-13,17-18,24,35H,6-9,11H2,1-3H3,(H2,28,30). The van der Waals surface area contributed by atoms with Gasteiger partial charge in [0.15, 0.2) is 11.5 Å². The lowest BCUT2D eigenvalue weighted by Gasteiger charge is -2.32. The first-order valence-corrected chi connectivity index (χ1v) is 11.8. The first-order valence-electron chi connectivity index (χ1n) is 11.8. The Morgan fingerprint density at radius 2 is 1.97 bits per heavy atom. The van der Waals surface area contributed by atoms with E-state index < -0.39 is 12.0 Å². The summed E-state index contributed by atoms with van der Waals surface area (Å²) < 4.78 is 28.7. The number of piperazine rings is 1. The molecule has 1 saturated heterocycles. The number of halogens is 2. The van der Waals surface area contributed by atoms with E-state index in [4.69, 9.17) is 5.73 Å². The first kappa shape index (κ1) is 23.6. The summed E-state index contributed by atoms with van der Waals surface area (Å²) in [6.45, 7) is 6.18. The Morgan fingerprint density at radius 3 is 2.66 bits per heavy atom. The number of carbonyl (C=O) groups is 1. The molecule has 2 aromatic heterocycles. The number of benzene rings is 1. The third-order valence-corrected chi connectivity index (χ3v) is 7.36. The topological polar surface area (TPSA) is 100.0 Å². The van der Waals surface area contributed by atoms with Gasteiger partial charge in [-0.1, -0.05) is 12.1 Å². The second-order valence-electron chi connectivity index (χ2n) is 9.94. The molecule has 1 aliphatic heterocycles. The highest BCUT2D eigenvalue weighted by molar-refractivity contribution is 5.83. The number of nitrogen functional groups attached to an aromatic ring is 1. The van der Waals surface area contributed by atoms with E-state index in [0.29, 0.717) is 16.9 Å². The molecule has 0 spiro atoms. The van der Waals surface area contributed by atoms with Crippen molar-refractivity contribution < 1.29 is 18.7 Å². The molecule has 3 aromatic rings. The maximum Gasteiger partial charge on any atom is 0.270 e. The van der Waals surface area contributed by atoms with Crippen LogP contribution in [-0.2, 0) is 10.4 Å². The number of likely N-dealkylation sites (N-methyl/N-ethyl adjacent to an activating group) is 1. The summed E-state index contributed by atoms with van der Waals surface area (Å²) in [6, 6.07) is 4.78. The van der Waals surface area contributed by atoms with E-state index in [-0.39, 0.29) is 29.1 Å². The van der Waals surface area contributed by atoms with Crippen LogP contribution in [0.2, 0.25) is 0 Å². The molecule has 3 atom stereocenters. The van der Waals surface area contributed by atoms with Gasteiger partial charge >= 0.3 is 0 Å². The number of aryl methyl sites for hydroxylation is 1. The van der Waals surface area contributed by atoms with Crippen LogP contribution in [0.5, 0.6) is 0 Å². The van der Waals surface area contributed by atoms with Crippen LogP contribution >= 0.6 is 0 Å². The summed E-state index contributed by atoms with van der Waals surface area (Å²) in [7, 11) is 2.05. The lowest BCUT2D eigenvalue weighted by Crippen LogP contribution is -2.47. The van der Waals surface area contributed by atoms with Gasteiger partial charge in [0.1, 0.15) is 5.60 Å². The largest absolute Gasteiger partial charge is 0.381 e. The molecular weight excluding hydrogens is 454 g/mol. The van der Waals surface area contributed by atoms with E-state index in [2.05, 4.69) is 21.9 Å². The van der Waals surface area contributed by atoms with Gasteiger partial charge in [-0.2, -0.15) is 0 Å². The van der Waals surface area contributed by atoms with Gasteiger partial charge in [0.05, 0.1) is 17.6 Å². The Balaban J connectivity index is 1.47. The van der Waals surface area contributed by atoms with Crippen molar-refractivity contribution in [1.29, 1.82) is 0 Å². The van der Waals surface area contributed by atoms with E-state index in [1.807, 2.05) is 18.0 Å². The number of alkyl halides is 2. The summed E-state index contributed by atoms with van der Waals surface area (Å²) in [5.41, 5.74) is 7.40. The Morgan fingerprint density at radius 1 is 1.26 bits per heavy atom. The highest BCUT2D eigenvalue weighted by Gasteiger charge is 2.47. The fourth-order valence-corrected chi connectivity index (χ4v) is 4.80. The van der Waals surface area contributed by atoms with Crippen LogP contribution in [0.15, 0.2) is 30.6 Å². The maximum absolute atomic E-state index is 13.5. The summed E-state index contributed by atoms with van der Waals surface area (Å²) in [6.07, 6.45) is 1.25. The van der Waals surface area contributed by atoms with Crippen LogP contribution in [-0.4, -0.2) is 74.8 Å². The van der Waals surface area contributed by atoms with Gasteiger partial charge < -0.3 is 20.6 Å². The number of hydrogen-bond donors (Lipinski definition) is 2. The van der Waals surface area contributed by atoms with Crippen LogP contribution in [0.4, 0.5) is 14.6 Å². The molecular formula is C25H30F2N6O2. The van der Waals surface area contributed by atoms with Crippen molar-refractivity contribution in [3.8, 4) is 11.3 Å². The predicted octanol–water partition coefficient (Wildman–Crippen LogP) is 2.64. The summed E-state index contributed by atoms with van der Waals surface area (Å²) in [5.74, 6) is 0.282. The number of nitrogens with zero attached hydrogens (tertiary/aromatic N) is 5. The zero-order chi connectivity index (χ0) is 25.1. The second kappa shape index (κ2) is 8.53. The lowest BCUT2D eigenvalue weighted by atomic mass is 9.92. The molecule has 186 valence electrons. The molecule has 1 aliphatic carbocycles. The van der Waals surface area contributed by atoms with E-state index in [0.717, 1.165) is 50.8 Å². The Labute approximate surface area is 202 Å². The van der Waals surface area contributed by atoms with Gasteiger partial charge in [0.25, 0.3) is 6.43 Å². The molecule has 1 amide bonds. The van der Waals surface area contributed by atoms with Crippen molar-refractivity contribution in [3.63, 3.8) is 0 Å². The molecule has 3 unspecified atom stereocenters. The van der Waals surface area contributed by atoms with E-state index >= 15 is 0 Å². The molecule has 35 heavy (non-hydrogen) atoms. The fourth-order valence-electron chi connectivity index (χ4n) is 4.80. The van der Waals surface area contributed by atoms with Gasteiger partial charge in [0, 0.05) is 49.8 Å². The van der Waals surface area contributed by atoms with Gasteiger partial charge in [-0.05, 0) is 44.5 Å². The Hall–Kier alpha value is -3.11. The fraction of sp³-hybridized carbons (Fsp3) is 0.480. The van der Waals surface area contributed by atoms with E-state index in [1.165, 1.54) is 6.07 Å². The average molecular weight is 485 g/mol. The van der Waals surface area contributed by atoms with Crippen molar-refractivity contribution in [3.05, 3.63) is 47.4 Å². The quantitative estimate of drug-likeness (QED) is 0.578. The highest BCUT2D eigenvalue weighted by atomic mass is 19.3. The van der Waals surface area contributed by atoms with Crippen molar-refractivity contribution in [2.24, 2.45) is 5.92 Å². The number of carbonyl (C=O) groups excluding carboxylic acids is 1. The van der Waals surface area contributed by atoms with Crippen LogP contribution < -0.4 is 5.73 Å². The molecule has 1 saturated carbocycles. The lowest BCUT2D eigenvalue weighted by molar-refractivity contribution is -0.134. The third-order valence-electron chi connectivity index (χ3n) is 7.36. The normalized spacial score (nSPS) is 22.5. The van der Waals surface area contributed by atoms with Gasteiger partial charge in [-0.15, -0.1) is 0 Å². The SMILES string of the molecule is Cc1ccc(C(C)(O)C(F)F)cc1-c1cnc2c(N)nc(C3CC3C(=O)N3CCN(C)CC3)cn12. The monoisotopic (exact) mass is 484 g/mol. The molecule has 8 nitrogen and oxygen atoms in total. The Bertz CT molecular complexity index is 1280. The maximum atomic E-state index is 13.5. The number of hydrogen-bond acceptors (Lipinski definition) is 6. The molecule has 1 aromatic carbocycles. The Kier molecular flexibility index (Phi) is 5.76. The van der Waals surface area contributed by atoms with Gasteiger partial charge in [-0.25, -0.2) is 18.7 Å². The van der Waals surface area contributed by atoms with Crippen molar-refractivity contribution in [1.82, 2.24) is 24.2 Å². The zero-order valence-electron chi connectivity index (χ0n) is 20.1. The second-order valence-corrected chi connectivity index (χ2v) is 9.94. The summed E-state index contributed by atoms with van der Waals surface area (Å²) >= 11 is 0. The highest BCUT2D eigenvalue weighted by Crippen LogP contribution is 2.48. The number of imidazole rings is 1. The van der Waals surface area contributed by atoms with Gasteiger partial charge in [0.2, 0.25) is 5.91 Å². The van der Waals surface area contributed by atoms with Crippen LogP contribution in [0.25, 0.3) is 16.9 Å². The summed E-state index contributed by atoms with van der Waals surface area (Å²) in [5, 5.41) is 10.3. The molecule has 3 N–H and O–H groups in total. The van der Waals surface area contributed by atoms with Crippen LogP contribution in [0, 0.1) is 12.8 Å². The number of aliphatic hydroxyl groups is 1. The summed E-state index contributed by atoms with van der Waals surface area (Å²) in [4.78, 5) is 26.1. The number of amides is 1.